The molecule has 5 heteroatoms. The van der Waals surface area contributed by atoms with E-state index >= 15 is 0 Å². The molecule has 0 radical (unpaired) electrons. The second-order valence-electron chi connectivity index (χ2n) is 4.29. The van der Waals surface area contributed by atoms with Crippen LogP contribution in [0.2, 0.25) is 0 Å². The molecule has 0 unspecified atom stereocenters. The van der Waals surface area contributed by atoms with Crippen LogP contribution in [0.15, 0.2) is 42.5 Å². The van der Waals surface area contributed by atoms with Gasteiger partial charge in [0.15, 0.2) is 0 Å². The molecule has 4 nitrogen and oxygen atoms in total. The molecule has 0 heterocycles. The fraction of sp³-hybridized carbons (Fsp3) is 0.133. The third-order valence-electron chi connectivity index (χ3n) is 2.92. The van der Waals surface area contributed by atoms with Gasteiger partial charge < -0.3 is 16.2 Å². The van der Waals surface area contributed by atoms with E-state index in [9.17, 15) is 9.18 Å². The second kappa shape index (κ2) is 6.16. The molecular weight excluding hydrogens is 259 g/mol. The van der Waals surface area contributed by atoms with Crippen molar-refractivity contribution in [1.82, 2.24) is 0 Å². The van der Waals surface area contributed by atoms with Crippen LogP contribution in [0, 0.1) is 5.82 Å². The van der Waals surface area contributed by atoms with Crippen LogP contribution in [-0.2, 0) is 13.2 Å². The minimum absolute atomic E-state index is 0.209. The number of hydrogen-bond acceptors (Lipinski definition) is 3. The summed E-state index contributed by atoms with van der Waals surface area (Å²) < 4.78 is 18.8. The van der Waals surface area contributed by atoms with Crippen molar-refractivity contribution >= 4 is 5.91 Å². The van der Waals surface area contributed by atoms with E-state index in [1.807, 2.05) is 0 Å². The molecule has 104 valence electrons. The predicted octanol–water partition coefficient (Wildman–Crippen LogP) is 1.96. The fourth-order valence-electron chi connectivity index (χ4n) is 1.80. The van der Waals surface area contributed by atoms with Crippen molar-refractivity contribution in [1.29, 1.82) is 0 Å². The maximum atomic E-state index is 13.2. The Kier molecular flexibility index (Phi) is 4.32. The van der Waals surface area contributed by atoms with Crippen molar-refractivity contribution in [3.63, 3.8) is 0 Å². The van der Waals surface area contributed by atoms with Gasteiger partial charge in [-0.05, 0) is 47.5 Å². The van der Waals surface area contributed by atoms with Gasteiger partial charge in [-0.1, -0.05) is 6.07 Å². The van der Waals surface area contributed by atoms with Crippen molar-refractivity contribution < 1.29 is 13.9 Å². The SMILES string of the molecule is NCc1ccc(F)cc1COc1ccc(C(N)=O)cc1. The number of primary amides is 1. The van der Waals surface area contributed by atoms with E-state index in [1.54, 1.807) is 30.3 Å². The molecule has 4 N–H and O–H groups in total. The average molecular weight is 274 g/mol. The first kappa shape index (κ1) is 14.0. The van der Waals surface area contributed by atoms with E-state index < -0.39 is 5.91 Å². The molecule has 2 aromatic carbocycles. The van der Waals surface area contributed by atoms with Crippen LogP contribution in [0.25, 0.3) is 0 Å². The number of halogens is 1. The summed E-state index contributed by atoms with van der Waals surface area (Å²) in [6, 6.07) is 10.8. The molecule has 0 saturated carbocycles. The van der Waals surface area contributed by atoms with Gasteiger partial charge in [0.1, 0.15) is 18.2 Å². The maximum Gasteiger partial charge on any atom is 0.248 e. The molecule has 2 rings (SSSR count). The molecule has 0 spiro atoms. The molecule has 1 amide bonds. The predicted molar refractivity (Wildman–Crippen MR) is 73.6 cm³/mol. The van der Waals surface area contributed by atoms with Crippen molar-refractivity contribution in [2.75, 3.05) is 0 Å². The van der Waals surface area contributed by atoms with Gasteiger partial charge in [-0.25, -0.2) is 4.39 Å². The van der Waals surface area contributed by atoms with Crippen LogP contribution in [0.4, 0.5) is 4.39 Å². The highest BCUT2D eigenvalue weighted by atomic mass is 19.1. The van der Waals surface area contributed by atoms with Gasteiger partial charge in [-0.2, -0.15) is 0 Å². The molecule has 0 aliphatic rings. The van der Waals surface area contributed by atoms with Crippen molar-refractivity contribution in [2.45, 2.75) is 13.2 Å². The zero-order chi connectivity index (χ0) is 14.5. The summed E-state index contributed by atoms with van der Waals surface area (Å²) in [6.07, 6.45) is 0. The fourth-order valence-corrected chi connectivity index (χ4v) is 1.80. The molecule has 2 aromatic rings. The highest BCUT2D eigenvalue weighted by Crippen LogP contribution is 2.17. The van der Waals surface area contributed by atoms with Gasteiger partial charge in [0.2, 0.25) is 5.91 Å². The van der Waals surface area contributed by atoms with Gasteiger partial charge in [-0.3, -0.25) is 4.79 Å². The Labute approximate surface area is 116 Å². The van der Waals surface area contributed by atoms with Crippen LogP contribution in [0.5, 0.6) is 5.75 Å². The van der Waals surface area contributed by atoms with Crippen LogP contribution in [0.1, 0.15) is 21.5 Å². The molecule has 20 heavy (non-hydrogen) atoms. The quantitative estimate of drug-likeness (QED) is 0.874. The smallest absolute Gasteiger partial charge is 0.248 e. The van der Waals surface area contributed by atoms with Gasteiger partial charge in [0.05, 0.1) is 0 Å². The van der Waals surface area contributed by atoms with E-state index in [0.717, 1.165) is 5.56 Å². The van der Waals surface area contributed by atoms with E-state index in [0.29, 0.717) is 23.4 Å². The first-order valence-corrected chi connectivity index (χ1v) is 6.10. The summed E-state index contributed by atoms with van der Waals surface area (Å²) in [7, 11) is 0. The van der Waals surface area contributed by atoms with Crippen molar-refractivity contribution in [3.05, 3.63) is 65.0 Å². The van der Waals surface area contributed by atoms with Crippen LogP contribution in [0.3, 0.4) is 0 Å². The van der Waals surface area contributed by atoms with Crippen LogP contribution >= 0.6 is 0 Å². The number of nitrogens with two attached hydrogens (primary N) is 2. The molecule has 0 aromatic heterocycles. The number of benzene rings is 2. The minimum Gasteiger partial charge on any atom is -0.489 e. The summed E-state index contributed by atoms with van der Waals surface area (Å²) in [6.45, 7) is 0.528. The van der Waals surface area contributed by atoms with E-state index in [2.05, 4.69) is 0 Å². The molecule has 0 bridgehead atoms. The lowest BCUT2D eigenvalue weighted by atomic mass is 10.1. The summed E-state index contributed by atoms with van der Waals surface area (Å²) >= 11 is 0. The highest BCUT2D eigenvalue weighted by molar-refractivity contribution is 5.92. The third kappa shape index (κ3) is 3.33. The van der Waals surface area contributed by atoms with E-state index in [1.165, 1.54) is 12.1 Å². The average Bonchev–Trinajstić information content (AvgIpc) is 2.45. The Morgan fingerprint density at radius 1 is 1.10 bits per heavy atom. The first-order valence-electron chi connectivity index (χ1n) is 6.10. The number of carbonyl (C=O) groups excluding carboxylic acids is 1. The molecule has 0 aliphatic heterocycles. The molecular formula is C15H15FN2O2. The maximum absolute atomic E-state index is 13.2. The lowest BCUT2D eigenvalue weighted by Gasteiger charge is -2.10. The number of rotatable bonds is 5. The molecule has 0 aliphatic carbocycles. The number of hydrogen-bond donors (Lipinski definition) is 2. The van der Waals surface area contributed by atoms with Crippen molar-refractivity contribution in [3.8, 4) is 5.75 Å². The highest BCUT2D eigenvalue weighted by Gasteiger charge is 2.05. The van der Waals surface area contributed by atoms with Gasteiger partial charge in [0, 0.05) is 12.1 Å². The Morgan fingerprint density at radius 3 is 2.40 bits per heavy atom. The first-order chi connectivity index (χ1) is 9.60. The van der Waals surface area contributed by atoms with E-state index in [4.69, 9.17) is 16.2 Å². The molecule has 0 atom stereocenters. The summed E-state index contributed by atoms with van der Waals surface area (Å²) in [5.41, 5.74) is 12.7. The molecule has 0 fully saturated rings. The number of ether oxygens (including phenoxy) is 1. The third-order valence-corrected chi connectivity index (χ3v) is 2.92. The lowest BCUT2D eigenvalue weighted by Crippen LogP contribution is -2.10. The normalized spacial score (nSPS) is 10.3. The van der Waals surface area contributed by atoms with Crippen LogP contribution in [-0.4, -0.2) is 5.91 Å². The zero-order valence-electron chi connectivity index (χ0n) is 10.8. The second-order valence-corrected chi connectivity index (χ2v) is 4.29. The monoisotopic (exact) mass is 274 g/mol. The number of amides is 1. The van der Waals surface area contributed by atoms with Gasteiger partial charge >= 0.3 is 0 Å². The lowest BCUT2D eigenvalue weighted by molar-refractivity contribution is 0.1000. The Hall–Kier alpha value is -2.40. The van der Waals surface area contributed by atoms with Gasteiger partial charge in [-0.15, -0.1) is 0 Å². The minimum atomic E-state index is -0.493. The Balaban J connectivity index is 2.08. The zero-order valence-corrected chi connectivity index (χ0v) is 10.8. The van der Waals surface area contributed by atoms with E-state index in [-0.39, 0.29) is 12.4 Å². The summed E-state index contributed by atoms with van der Waals surface area (Å²) in [5.74, 6) is -0.251. The Bertz CT molecular complexity index is 612. The largest absolute Gasteiger partial charge is 0.489 e. The summed E-state index contributed by atoms with van der Waals surface area (Å²) in [4.78, 5) is 10.9. The topological polar surface area (TPSA) is 78.3 Å². The Morgan fingerprint density at radius 2 is 1.80 bits per heavy atom. The standard InChI is InChI=1S/C15H15FN2O2/c16-13-4-1-11(8-17)12(7-13)9-20-14-5-2-10(3-6-14)15(18)19/h1-7H,8-9,17H2,(H2,18,19). The summed E-state index contributed by atoms with van der Waals surface area (Å²) in [5, 5.41) is 0. The van der Waals surface area contributed by atoms with Crippen molar-refractivity contribution in [2.24, 2.45) is 11.5 Å². The van der Waals surface area contributed by atoms with Gasteiger partial charge in [0.25, 0.3) is 0 Å². The number of carbonyl (C=O) groups is 1. The van der Waals surface area contributed by atoms with Crippen LogP contribution < -0.4 is 16.2 Å². The molecule has 0 saturated heterocycles.